The lowest BCUT2D eigenvalue weighted by atomic mass is 10.3. The van der Waals surface area contributed by atoms with Crippen LogP contribution < -0.4 is 10.0 Å². The summed E-state index contributed by atoms with van der Waals surface area (Å²) in [6.07, 6.45) is 3.62. The van der Waals surface area contributed by atoms with E-state index in [1.54, 1.807) is 6.07 Å². The minimum Gasteiger partial charge on any atom is -0.317 e. The van der Waals surface area contributed by atoms with Crippen molar-refractivity contribution in [2.75, 3.05) is 29.8 Å². The van der Waals surface area contributed by atoms with Crippen LogP contribution in [0.15, 0.2) is 29.2 Å². The third-order valence-corrected chi connectivity index (χ3v) is 4.72. The number of hydrogen-bond acceptors (Lipinski definition) is 4. The fraction of sp³-hybridized carbons (Fsp3) is 0.538. The molecule has 1 aromatic carbocycles. The van der Waals surface area contributed by atoms with Gasteiger partial charge >= 0.3 is 0 Å². The van der Waals surface area contributed by atoms with Crippen molar-refractivity contribution in [1.82, 2.24) is 5.32 Å². The second kappa shape index (κ2) is 8.45. The van der Waals surface area contributed by atoms with E-state index in [0.29, 0.717) is 12.1 Å². The maximum Gasteiger partial charge on any atom is 0.232 e. The zero-order chi connectivity index (χ0) is 14.1. The number of hydrogen-bond donors (Lipinski definition) is 2. The van der Waals surface area contributed by atoms with Gasteiger partial charge in [0.05, 0.1) is 11.4 Å². The van der Waals surface area contributed by atoms with E-state index in [-0.39, 0.29) is 5.75 Å². The Morgan fingerprint density at radius 1 is 1.21 bits per heavy atom. The average Bonchev–Trinajstić information content (AvgIpc) is 2.38. The van der Waals surface area contributed by atoms with E-state index in [4.69, 9.17) is 0 Å². The third-order valence-electron chi connectivity index (χ3n) is 2.57. The second-order valence-electron chi connectivity index (χ2n) is 4.22. The predicted molar refractivity (Wildman–Crippen MR) is 83.4 cm³/mol. The van der Waals surface area contributed by atoms with Crippen LogP contribution in [0.25, 0.3) is 0 Å². The molecular formula is C13H22N2O2S2. The van der Waals surface area contributed by atoms with Gasteiger partial charge in [-0.15, -0.1) is 11.8 Å². The number of sulfonamides is 1. The number of nitrogens with one attached hydrogen (secondary N) is 2. The molecule has 0 aromatic heterocycles. The fourth-order valence-corrected chi connectivity index (χ4v) is 3.39. The van der Waals surface area contributed by atoms with Crippen LogP contribution in [0.2, 0.25) is 0 Å². The summed E-state index contributed by atoms with van der Waals surface area (Å²) < 4.78 is 26.6. The molecule has 0 amide bonds. The van der Waals surface area contributed by atoms with Crippen molar-refractivity contribution in [2.24, 2.45) is 0 Å². The molecule has 0 aliphatic rings. The van der Waals surface area contributed by atoms with Gasteiger partial charge in [-0.2, -0.15) is 0 Å². The highest BCUT2D eigenvalue weighted by atomic mass is 32.2. The minimum absolute atomic E-state index is 0.145. The Labute approximate surface area is 120 Å². The van der Waals surface area contributed by atoms with Crippen LogP contribution >= 0.6 is 11.8 Å². The van der Waals surface area contributed by atoms with E-state index >= 15 is 0 Å². The van der Waals surface area contributed by atoms with Gasteiger partial charge in [-0.3, -0.25) is 4.72 Å². The maximum atomic E-state index is 12.0. The van der Waals surface area contributed by atoms with Gasteiger partial charge in [-0.25, -0.2) is 8.42 Å². The van der Waals surface area contributed by atoms with E-state index in [0.717, 1.165) is 24.4 Å². The van der Waals surface area contributed by atoms with Gasteiger partial charge in [0, 0.05) is 4.90 Å². The first-order valence-electron chi connectivity index (χ1n) is 6.43. The molecule has 19 heavy (non-hydrogen) atoms. The van der Waals surface area contributed by atoms with Gasteiger partial charge in [0.15, 0.2) is 0 Å². The van der Waals surface area contributed by atoms with Crippen LogP contribution in [-0.2, 0) is 10.0 Å². The van der Waals surface area contributed by atoms with E-state index in [1.807, 2.05) is 24.5 Å². The van der Waals surface area contributed by atoms with Crippen LogP contribution in [0.1, 0.15) is 19.8 Å². The van der Waals surface area contributed by atoms with Crippen molar-refractivity contribution in [2.45, 2.75) is 24.7 Å². The quantitative estimate of drug-likeness (QED) is 0.544. The molecule has 1 aromatic rings. The molecule has 0 atom stereocenters. The average molecular weight is 302 g/mol. The van der Waals surface area contributed by atoms with E-state index in [9.17, 15) is 8.42 Å². The molecule has 6 heteroatoms. The maximum absolute atomic E-state index is 12.0. The summed E-state index contributed by atoms with van der Waals surface area (Å²) in [5.74, 6) is 0.145. The Morgan fingerprint density at radius 3 is 2.63 bits per heavy atom. The largest absolute Gasteiger partial charge is 0.317 e. The minimum atomic E-state index is -3.26. The van der Waals surface area contributed by atoms with Crippen molar-refractivity contribution in [3.63, 3.8) is 0 Å². The summed E-state index contributed by atoms with van der Waals surface area (Å²) in [5, 5.41) is 3.20. The fourth-order valence-electron chi connectivity index (χ4n) is 1.64. The smallest absolute Gasteiger partial charge is 0.232 e. The highest BCUT2D eigenvalue weighted by molar-refractivity contribution is 7.99. The molecule has 0 bridgehead atoms. The SMILES string of the molecule is CCCNCCCS(=O)(=O)Nc1ccccc1SC. The molecule has 0 aliphatic carbocycles. The molecule has 0 heterocycles. The van der Waals surface area contributed by atoms with Crippen molar-refractivity contribution < 1.29 is 8.42 Å². The summed E-state index contributed by atoms with van der Waals surface area (Å²) in [7, 11) is -3.26. The number of rotatable bonds is 9. The van der Waals surface area contributed by atoms with Gasteiger partial charge in [0.2, 0.25) is 10.0 Å². The molecule has 2 N–H and O–H groups in total. The molecule has 0 fully saturated rings. The van der Waals surface area contributed by atoms with Crippen LogP contribution in [0.5, 0.6) is 0 Å². The molecule has 0 saturated carbocycles. The Kier molecular flexibility index (Phi) is 7.27. The number of anilines is 1. The standard InChI is InChI=1S/C13H22N2O2S2/c1-3-9-14-10-6-11-19(16,17)15-12-7-4-5-8-13(12)18-2/h4-5,7-8,14-15H,3,6,9-11H2,1-2H3. The molecule has 0 saturated heterocycles. The normalized spacial score (nSPS) is 11.5. The Morgan fingerprint density at radius 2 is 1.95 bits per heavy atom. The Hall–Kier alpha value is -0.720. The van der Waals surface area contributed by atoms with Crippen molar-refractivity contribution in [1.29, 1.82) is 0 Å². The van der Waals surface area contributed by atoms with Crippen LogP contribution in [0.3, 0.4) is 0 Å². The predicted octanol–water partition coefficient (Wildman–Crippen LogP) is 2.54. The summed E-state index contributed by atoms with van der Waals surface area (Å²) >= 11 is 1.53. The van der Waals surface area contributed by atoms with Gasteiger partial charge in [0.25, 0.3) is 0 Å². The highest BCUT2D eigenvalue weighted by Gasteiger charge is 2.11. The first-order valence-corrected chi connectivity index (χ1v) is 9.31. The zero-order valence-electron chi connectivity index (χ0n) is 11.5. The first kappa shape index (κ1) is 16.3. The molecule has 4 nitrogen and oxygen atoms in total. The van der Waals surface area contributed by atoms with Crippen molar-refractivity contribution in [3.8, 4) is 0 Å². The van der Waals surface area contributed by atoms with Gasteiger partial charge in [-0.1, -0.05) is 19.1 Å². The number of para-hydroxylation sites is 1. The number of benzene rings is 1. The zero-order valence-corrected chi connectivity index (χ0v) is 13.1. The molecule has 0 spiro atoms. The molecule has 0 aliphatic heterocycles. The summed E-state index contributed by atoms with van der Waals surface area (Å²) in [6, 6.07) is 7.43. The van der Waals surface area contributed by atoms with E-state index in [1.165, 1.54) is 11.8 Å². The third kappa shape index (κ3) is 6.31. The van der Waals surface area contributed by atoms with Crippen LogP contribution in [0, 0.1) is 0 Å². The summed E-state index contributed by atoms with van der Waals surface area (Å²) in [4.78, 5) is 0.940. The van der Waals surface area contributed by atoms with E-state index in [2.05, 4.69) is 17.0 Å². The van der Waals surface area contributed by atoms with Gasteiger partial charge < -0.3 is 5.32 Å². The van der Waals surface area contributed by atoms with Crippen LogP contribution in [-0.4, -0.2) is 33.5 Å². The molecular weight excluding hydrogens is 280 g/mol. The lowest BCUT2D eigenvalue weighted by Crippen LogP contribution is -2.22. The summed E-state index contributed by atoms with van der Waals surface area (Å²) in [5.41, 5.74) is 0.663. The second-order valence-corrected chi connectivity index (χ2v) is 6.91. The highest BCUT2D eigenvalue weighted by Crippen LogP contribution is 2.25. The van der Waals surface area contributed by atoms with E-state index < -0.39 is 10.0 Å². The van der Waals surface area contributed by atoms with Crippen molar-refractivity contribution >= 4 is 27.5 Å². The first-order chi connectivity index (χ1) is 9.09. The Balaban J connectivity index is 2.50. The van der Waals surface area contributed by atoms with Crippen LogP contribution in [0.4, 0.5) is 5.69 Å². The molecule has 0 unspecified atom stereocenters. The molecule has 0 radical (unpaired) electrons. The Bertz CT molecular complexity index is 475. The number of thioether (sulfide) groups is 1. The lowest BCUT2D eigenvalue weighted by molar-refractivity contribution is 0.593. The van der Waals surface area contributed by atoms with Gasteiger partial charge in [-0.05, 0) is 44.3 Å². The molecule has 108 valence electrons. The lowest BCUT2D eigenvalue weighted by Gasteiger charge is -2.11. The van der Waals surface area contributed by atoms with Crippen molar-refractivity contribution in [3.05, 3.63) is 24.3 Å². The molecule has 1 rings (SSSR count). The monoisotopic (exact) mass is 302 g/mol. The van der Waals surface area contributed by atoms with Gasteiger partial charge in [0.1, 0.15) is 0 Å². The summed E-state index contributed by atoms with van der Waals surface area (Å²) in [6.45, 7) is 3.76. The topological polar surface area (TPSA) is 58.2 Å².